The number of nitrogens with zero attached hydrogens (tertiary/aromatic N) is 1. The molecular formula is C16H21BClNO3. The number of hydrogen-bond acceptors (Lipinski definition) is 4. The Bertz CT molecular complexity index is 620. The molecule has 1 aliphatic carbocycles. The summed E-state index contributed by atoms with van der Waals surface area (Å²) in [5.74, 6) is 0.588. The predicted molar refractivity (Wildman–Crippen MR) is 85.6 cm³/mol. The van der Waals surface area contributed by atoms with E-state index in [1.54, 1.807) is 0 Å². The molecule has 2 unspecified atom stereocenters. The number of fused-ring (bicyclic) bond motifs is 1. The average Bonchev–Trinajstić information content (AvgIpc) is 2.89. The molecular weight excluding hydrogens is 300 g/mol. The Labute approximate surface area is 136 Å². The molecule has 1 aromatic heterocycles. The van der Waals surface area contributed by atoms with Crippen LogP contribution in [0.1, 0.15) is 39.8 Å². The minimum Gasteiger partial charge on any atom is -0.399 e. The molecule has 2 aliphatic heterocycles. The van der Waals surface area contributed by atoms with Crippen LogP contribution in [0.5, 0.6) is 0 Å². The molecule has 1 aromatic rings. The SMILES string of the molecule is CC1(C)OB(c2cc(Cl)nc(C34COCC3C4)c2)OC1(C)C. The topological polar surface area (TPSA) is 40.6 Å². The maximum absolute atomic E-state index is 6.27. The summed E-state index contributed by atoms with van der Waals surface area (Å²) in [6.45, 7) is 9.79. The first kappa shape index (κ1) is 14.9. The monoisotopic (exact) mass is 321 g/mol. The zero-order valence-corrected chi connectivity index (χ0v) is 14.2. The zero-order valence-electron chi connectivity index (χ0n) is 13.5. The molecule has 4 rings (SSSR count). The van der Waals surface area contributed by atoms with Crippen LogP contribution < -0.4 is 5.46 Å². The second-order valence-electron chi connectivity index (χ2n) is 7.77. The van der Waals surface area contributed by atoms with Crippen molar-refractivity contribution in [2.24, 2.45) is 5.92 Å². The molecule has 4 nitrogen and oxygen atoms in total. The second kappa shape index (κ2) is 4.47. The fourth-order valence-electron chi connectivity index (χ4n) is 3.43. The van der Waals surface area contributed by atoms with Crippen molar-refractivity contribution in [3.05, 3.63) is 23.0 Å². The molecule has 6 heteroatoms. The highest BCUT2D eigenvalue weighted by Gasteiger charge is 2.61. The van der Waals surface area contributed by atoms with Crippen molar-refractivity contribution in [2.75, 3.05) is 13.2 Å². The number of rotatable bonds is 2. The van der Waals surface area contributed by atoms with Gasteiger partial charge in [0, 0.05) is 5.41 Å². The van der Waals surface area contributed by atoms with Gasteiger partial charge in [-0.3, -0.25) is 0 Å². The Kier molecular flexibility index (Phi) is 3.04. The fraction of sp³-hybridized carbons (Fsp3) is 0.688. The Balaban J connectivity index is 1.68. The van der Waals surface area contributed by atoms with Crippen molar-refractivity contribution >= 4 is 24.2 Å². The molecule has 1 saturated carbocycles. The molecule has 0 N–H and O–H groups in total. The summed E-state index contributed by atoms with van der Waals surface area (Å²) >= 11 is 6.27. The Hall–Kier alpha value is -0.615. The molecule has 0 amide bonds. The van der Waals surface area contributed by atoms with E-state index in [9.17, 15) is 0 Å². The van der Waals surface area contributed by atoms with Gasteiger partial charge in [-0.25, -0.2) is 4.98 Å². The Morgan fingerprint density at radius 1 is 1.18 bits per heavy atom. The minimum absolute atomic E-state index is 0.0727. The molecule has 0 radical (unpaired) electrons. The van der Waals surface area contributed by atoms with E-state index in [2.05, 4.69) is 38.7 Å². The first-order valence-electron chi connectivity index (χ1n) is 7.85. The summed E-state index contributed by atoms with van der Waals surface area (Å²) in [6.07, 6.45) is 1.14. The maximum Gasteiger partial charge on any atom is 0.495 e. The molecule has 118 valence electrons. The largest absolute Gasteiger partial charge is 0.495 e. The van der Waals surface area contributed by atoms with Crippen LogP contribution in [-0.4, -0.2) is 36.5 Å². The number of aromatic nitrogens is 1. The van der Waals surface area contributed by atoms with E-state index in [1.165, 1.54) is 0 Å². The molecule has 22 heavy (non-hydrogen) atoms. The van der Waals surface area contributed by atoms with Gasteiger partial charge in [-0.2, -0.15) is 0 Å². The molecule has 0 aromatic carbocycles. The highest BCUT2D eigenvalue weighted by molar-refractivity contribution is 6.62. The van der Waals surface area contributed by atoms with Crippen LogP contribution in [0.3, 0.4) is 0 Å². The van der Waals surface area contributed by atoms with Gasteiger partial charge in [0.05, 0.1) is 30.1 Å². The van der Waals surface area contributed by atoms with E-state index in [0.717, 1.165) is 30.8 Å². The summed E-state index contributed by atoms with van der Waals surface area (Å²) in [5, 5.41) is 0.495. The first-order chi connectivity index (χ1) is 10.2. The van der Waals surface area contributed by atoms with Crippen LogP contribution in [-0.2, 0) is 19.5 Å². The lowest BCUT2D eigenvalue weighted by atomic mass is 9.78. The number of pyridine rings is 1. The van der Waals surface area contributed by atoms with Crippen LogP contribution in [0.25, 0.3) is 0 Å². The Morgan fingerprint density at radius 2 is 1.86 bits per heavy atom. The molecule has 3 heterocycles. The maximum atomic E-state index is 6.27. The van der Waals surface area contributed by atoms with Crippen LogP contribution >= 0.6 is 11.6 Å². The van der Waals surface area contributed by atoms with E-state index < -0.39 is 7.12 Å². The molecule has 2 saturated heterocycles. The van der Waals surface area contributed by atoms with E-state index >= 15 is 0 Å². The third kappa shape index (κ3) is 2.06. The molecule has 0 bridgehead atoms. The van der Waals surface area contributed by atoms with Gasteiger partial charge in [-0.1, -0.05) is 11.6 Å². The number of hydrogen-bond donors (Lipinski definition) is 0. The average molecular weight is 322 g/mol. The van der Waals surface area contributed by atoms with Crippen molar-refractivity contribution in [2.45, 2.75) is 50.7 Å². The lowest BCUT2D eigenvalue weighted by molar-refractivity contribution is 0.00578. The normalized spacial score (nSPS) is 34.8. The lowest BCUT2D eigenvalue weighted by Crippen LogP contribution is -2.41. The smallest absolute Gasteiger partial charge is 0.399 e. The van der Waals surface area contributed by atoms with Gasteiger partial charge in [0.25, 0.3) is 0 Å². The third-order valence-electron chi connectivity index (χ3n) is 5.76. The predicted octanol–water partition coefficient (Wildman–Crippen LogP) is 2.32. The van der Waals surface area contributed by atoms with Crippen molar-refractivity contribution < 1.29 is 14.0 Å². The van der Waals surface area contributed by atoms with Crippen LogP contribution in [0.4, 0.5) is 0 Å². The van der Waals surface area contributed by atoms with Crippen LogP contribution in [0.2, 0.25) is 5.15 Å². The van der Waals surface area contributed by atoms with Gasteiger partial charge in [0.15, 0.2) is 0 Å². The molecule has 3 aliphatic rings. The molecule has 0 spiro atoms. The van der Waals surface area contributed by atoms with Gasteiger partial charge in [0.2, 0.25) is 0 Å². The van der Waals surface area contributed by atoms with E-state index in [-0.39, 0.29) is 16.6 Å². The zero-order chi connectivity index (χ0) is 15.8. The van der Waals surface area contributed by atoms with Crippen molar-refractivity contribution in [3.63, 3.8) is 0 Å². The highest BCUT2D eigenvalue weighted by atomic mass is 35.5. The van der Waals surface area contributed by atoms with E-state index in [1.807, 2.05) is 6.07 Å². The lowest BCUT2D eigenvalue weighted by Gasteiger charge is -2.32. The summed E-state index contributed by atoms with van der Waals surface area (Å²) in [5.41, 5.74) is 1.32. The van der Waals surface area contributed by atoms with E-state index in [4.69, 9.17) is 25.6 Å². The van der Waals surface area contributed by atoms with Gasteiger partial charge in [0.1, 0.15) is 5.15 Å². The van der Waals surface area contributed by atoms with Crippen LogP contribution in [0.15, 0.2) is 12.1 Å². The van der Waals surface area contributed by atoms with Gasteiger partial charge < -0.3 is 14.0 Å². The standard InChI is InChI=1S/C16H21BClNO3/c1-14(2)15(3,4)22-17(21-14)11-5-12(19-13(18)6-11)16-7-10(16)8-20-9-16/h5-6,10H,7-9H2,1-4H3. The van der Waals surface area contributed by atoms with E-state index in [0.29, 0.717) is 11.1 Å². The summed E-state index contributed by atoms with van der Waals surface area (Å²) in [7, 11) is -0.403. The second-order valence-corrected chi connectivity index (χ2v) is 8.16. The first-order valence-corrected chi connectivity index (χ1v) is 8.23. The number of halogens is 1. The summed E-state index contributed by atoms with van der Waals surface area (Å²) in [4.78, 5) is 4.55. The van der Waals surface area contributed by atoms with Crippen molar-refractivity contribution in [3.8, 4) is 0 Å². The van der Waals surface area contributed by atoms with Gasteiger partial charge in [-0.05, 0) is 57.6 Å². The highest BCUT2D eigenvalue weighted by Crippen LogP contribution is 2.57. The molecule has 2 atom stereocenters. The third-order valence-corrected chi connectivity index (χ3v) is 5.96. The van der Waals surface area contributed by atoms with Gasteiger partial charge in [-0.15, -0.1) is 0 Å². The summed E-state index contributed by atoms with van der Waals surface area (Å²) < 4.78 is 17.8. The Morgan fingerprint density at radius 3 is 2.41 bits per heavy atom. The number of ether oxygens (including phenoxy) is 1. The fourth-order valence-corrected chi connectivity index (χ4v) is 3.65. The quantitative estimate of drug-likeness (QED) is 0.619. The van der Waals surface area contributed by atoms with Crippen LogP contribution in [0, 0.1) is 5.92 Å². The van der Waals surface area contributed by atoms with Crippen molar-refractivity contribution in [1.82, 2.24) is 4.98 Å². The van der Waals surface area contributed by atoms with Gasteiger partial charge >= 0.3 is 7.12 Å². The minimum atomic E-state index is -0.403. The van der Waals surface area contributed by atoms with Crippen molar-refractivity contribution in [1.29, 1.82) is 0 Å². The summed E-state index contributed by atoms with van der Waals surface area (Å²) in [6, 6.07) is 3.93. The molecule has 3 fully saturated rings.